The molecular formula is C22H32N6O2. The first kappa shape index (κ1) is 22.0. The second-order valence-electron chi connectivity index (χ2n) is 8.21. The van der Waals surface area contributed by atoms with E-state index in [-0.39, 0.29) is 11.4 Å². The molecule has 2 aromatic rings. The number of hydrogen-bond donors (Lipinski definition) is 4. The van der Waals surface area contributed by atoms with Crippen LogP contribution in [0.4, 0.5) is 17.5 Å². The molecule has 0 spiro atoms. The van der Waals surface area contributed by atoms with Gasteiger partial charge in [0.25, 0.3) is 0 Å². The minimum atomic E-state index is 0.194. The van der Waals surface area contributed by atoms with Gasteiger partial charge in [0, 0.05) is 18.7 Å². The van der Waals surface area contributed by atoms with Crippen molar-refractivity contribution in [2.24, 2.45) is 28.7 Å². The van der Waals surface area contributed by atoms with E-state index in [1.807, 2.05) is 12.1 Å². The van der Waals surface area contributed by atoms with Gasteiger partial charge in [0.1, 0.15) is 5.75 Å². The molecule has 1 aromatic carbocycles. The zero-order valence-electron chi connectivity index (χ0n) is 17.6. The lowest BCUT2D eigenvalue weighted by Gasteiger charge is -2.34. The lowest BCUT2D eigenvalue weighted by atomic mass is 9.73. The van der Waals surface area contributed by atoms with E-state index in [1.165, 1.54) is 31.9 Å². The molecule has 1 fully saturated rings. The van der Waals surface area contributed by atoms with Crippen molar-refractivity contribution < 1.29 is 5.11 Å². The van der Waals surface area contributed by atoms with Crippen molar-refractivity contribution in [2.75, 3.05) is 23.7 Å². The number of aromatic nitrogens is 2. The highest BCUT2D eigenvalue weighted by Gasteiger charge is 2.27. The number of nitroso groups, excluding NO2 is 1. The van der Waals surface area contributed by atoms with E-state index in [9.17, 15) is 10.0 Å². The molecule has 0 aliphatic heterocycles. The number of nitrogens with zero attached hydrogens (tertiary/aromatic N) is 3. The number of anilines is 2. The fourth-order valence-corrected chi connectivity index (χ4v) is 4.44. The van der Waals surface area contributed by atoms with Crippen LogP contribution < -0.4 is 16.4 Å². The van der Waals surface area contributed by atoms with Crippen LogP contribution in [0.15, 0.2) is 35.6 Å². The second-order valence-corrected chi connectivity index (χ2v) is 8.21. The third-order valence-electron chi connectivity index (χ3n) is 5.88. The summed E-state index contributed by atoms with van der Waals surface area (Å²) in [5.41, 5.74) is 6.90. The predicted octanol–water partition coefficient (Wildman–Crippen LogP) is 4.40. The van der Waals surface area contributed by atoms with Gasteiger partial charge < -0.3 is 21.5 Å². The Morgan fingerprint density at radius 1 is 1.17 bits per heavy atom. The summed E-state index contributed by atoms with van der Waals surface area (Å²) in [5.74, 6) is 2.79. The Morgan fingerprint density at radius 3 is 2.67 bits per heavy atom. The van der Waals surface area contributed by atoms with Crippen molar-refractivity contribution in [3.63, 3.8) is 0 Å². The van der Waals surface area contributed by atoms with Crippen LogP contribution >= 0.6 is 0 Å². The Kier molecular flexibility index (Phi) is 7.96. The molecule has 30 heavy (non-hydrogen) atoms. The average Bonchev–Trinajstić information content (AvgIpc) is 2.77. The fraction of sp³-hybridized carbons (Fsp3) is 0.545. The molecule has 162 valence electrons. The molecule has 0 bridgehead atoms. The van der Waals surface area contributed by atoms with Crippen LogP contribution in [0.1, 0.15) is 44.6 Å². The molecule has 8 nitrogen and oxygen atoms in total. The number of aromatic hydroxyl groups is 1. The SMILES string of the molecule is CCCC1C[C@@H](CN)C[C@H](CNc2nc(NCc3ccccc3O)ncc2N=O)C1. The molecule has 3 atom stereocenters. The number of hydrogen-bond acceptors (Lipinski definition) is 8. The highest BCUT2D eigenvalue weighted by Crippen LogP contribution is 2.36. The van der Waals surface area contributed by atoms with E-state index in [4.69, 9.17) is 5.73 Å². The van der Waals surface area contributed by atoms with Crippen LogP contribution in [0, 0.1) is 22.7 Å². The van der Waals surface area contributed by atoms with E-state index < -0.39 is 0 Å². The highest BCUT2D eigenvalue weighted by molar-refractivity contribution is 5.61. The number of phenols is 1. The minimum Gasteiger partial charge on any atom is -0.508 e. The maximum atomic E-state index is 11.2. The first-order valence-corrected chi connectivity index (χ1v) is 10.8. The topological polar surface area (TPSA) is 126 Å². The molecule has 1 aliphatic rings. The van der Waals surface area contributed by atoms with Crippen molar-refractivity contribution in [3.8, 4) is 5.75 Å². The molecule has 1 unspecified atom stereocenters. The summed E-state index contributed by atoms with van der Waals surface area (Å²) in [6, 6.07) is 7.09. The minimum absolute atomic E-state index is 0.194. The summed E-state index contributed by atoms with van der Waals surface area (Å²) in [4.78, 5) is 19.8. The quantitative estimate of drug-likeness (QED) is 0.426. The summed E-state index contributed by atoms with van der Waals surface area (Å²) in [7, 11) is 0. The summed E-state index contributed by atoms with van der Waals surface area (Å²) < 4.78 is 0. The number of rotatable bonds is 10. The monoisotopic (exact) mass is 412 g/mol. The van der Waals surface area contributed by atoms with Gasteiger partial charge in [-0.1, -0.05) is 38.0 Å². The average molecular weight is 413 g/mol. The van der Waals surface area contributed by atoms with Crippen LogP contribution in [0.3, 0.4) is 0 Å². The number of benzene rings is 1. The van der Waals surface area contributed by atoms with E-state index in [1.54, 1.807) is 12.1 Å². The van der Waals surface area contributed by atoms with Gasteiger partial charge in [-0.2, -0.15) is 4.98 Å². The molecule has 1 saturated carbocycles. The molecule has 3 rings (SSSR count). The Bertz CT molecular complexity index is 831. The van der Waals surface area contributed by atoms with Gasteiger partial charge in [-0.3, -0.25) is 0 Å². The molecule has 0 radical (unpaired) electrons. The molecule has 1 aromatic heterocycles. The smallest absolute Gasteiger partial charge is 0.225 e. The first-order valence-electron chi connectivity index (χ1n) is 10.8. The largest absolute Gasteiger partial charge is 0.508 e. The van der Waals surface area contributed by atoms with Gasteiger partial charge in [0.2, 0.25) is 5.95 Å². The summed E-state index contributed by atoms with van der Waals surface area (Å²) in [6.45, 7) is 4.06. The van der Waals surface area contributed by atoms with Crippen LogP contribution in [0.2, 0.25) is 0 Å². The molecular weight excluding hydrogens is 380 g/mol. The second kappa shape index (κ2) is 10.9. The van der Waals surface area contributed by atoms with Crippen molar-refractivity contribution in [1.82, 2.24) is 9.97 Å². The summed E-state index contributed by atoms with van der Waals surface area (Å²) >= 11 is 0. The van der Waals surface area contributed by atoms with Crippen LogP contribution in [-0.4, -0.2) is 28.2 Å². The van der Waals surface area contributed by atoms with E-state index in [2.05, 4.69) is 32.7 Å². The van der Waals surface area contributed by atoms with Crippen molar-refractivity contribution >= 4 is 17.5 Å². The fourth-order valence-electron chi connectivity index (χ4n) is 4.44. The number of nitrogens with two attached hydrogens (primary N) is 1. The molecule has 8 heteroatoms. The summed E-state index contributed by atoms with van der Waals surface area (Å²) in [6.07, 6.45) is 7.33. The van der Waals surface area contributed by atoms with E-state index >= 15 is 0 Å². The molecule has 1 aliphatic carbocycles. The van der Waals surface area contributed by atoms with Gasteiger partial charge >= 0.3 is 0 Å². The zero-order chi connectivity index (χ0) is 21.3. The summed E-state index contributed by atoms with van der Waals surface area (Å²) in [5, 5.41) is 19.4. The maximum Gasteiger partial charge on any atom is 0.225 e. The molecule has 0 amide bonds. The third-order valence-corrected chi connectivity index (χ3v) is 5.88. The maximum absolute atomic E-state index is 11.2. The standard InChI is InChI=1S/C22H32N6O2/c1-2-5-15-8-16(11-23)10-17(9-15)12-24-21-19(28-30)14-26-22(27-21)25-13-18-6-3-4-7-20(18)29/h3-4,6-7,14-17,29H,2,5,8-13,23H2,1H3,(H2,24,25,26,27)/t15?,16-,17-/m1/s1. The van der Waals surface area contributed by atoms with Crippen LogP contribution in [-0.2, 0) is 6.54 Å². The van der Waals surface area contributed by atoms with Gasteiger partial charge in [0.05, 0.1) is 6.20 Å². The van der Waals surface area contributed by atoms with Crippen molar-refractivity contribution in [1.29, 1.82) is 0 Å². The number of para-hydroxylation sites is 1. The molecule has 5 N–H and O–H groups in total. The Hall–Kier alpha value is -2.74. The van der Waals surface area contributed by atoms with Gasteiger partial charge in [-0.05, 0) is 54.8 Å². The molecule has 1 heterocycles. The van der Waals surface area contributed by atoms with Crippen LogP contribution in [0.25, 0.3) is 0 Å². The first-order chi connectivity index (χ1) is 14.6. The van der Waals surface area contributed by atoms with Gasteiger partial charge in [-0.25, -0.2) is 4.98 Å². The number of phenolic OH excluding ortho intramolecular Hbond substituents is 1. The van der Waals surface area contributed by atoms with Crippen molar-refractivity contribution in [3.05, 3.63) is 40.9 Å². The zero-order valence-corrected chi connectivity index (χ0v) is 17.6. The van der Waals surface area contributed by atoms with E-state index in [0.29, 0.717) is 36.1 Å². The van der Waals surface area contributed by atoms with Crippen LogP contribution in [0.5, 0.6) is 5.75 Å². The normalized spacial score (nSPS) is 21.2. The Morgan fingerprint density at radius 2 is 1.93 bits per heavy atom. The highest BCUT2D eigenvalue weighted by atomic mass is 16.3. The lowest BCUT2D eigenvalue weighted by Crippen LogP contribution is -2.31. The third kappa shape index (κ3) is 5.89. The van der Waals surface area contributed by atoms with E-state index in [0.717, 1.165) is 25.1 Å². The van der Waals surface area contributed by atoms with Gasteiger partial charge in [0.15, 0.2) is 11.5 Å². The predicted molar refractivity (Wildman–Crippen MR) is 120 cm³/mol. The number of nitrogens with one attached hydrogen (secondary N) is 2. The lowest BCUT2D eigenvalue weighted by molar-refractivity contribution is 0.197. The molecule has 0 saturated heterocycles. The Balaban J connectivity index is 1.63. The Labute approximate surface area is 177 Å². The van der Waals surface area contributed by atoms with Crippen molar-refractivity contribution in [2.45, 2.75) is 45.6 Å². The van der Waals surface area contributed by atoms with Gasteiger partial charge in [-0.15, -0.1) is 4.91 Å².